The molecule has 4 rings (SSSR count). The Bertz CT molecular complexity index is 759. The molecule has 1 saturated heterocycles. The molecule has 2 aromatic rings. The fourth-order valence-corrected chi connectivity index (χ4v) is 4.80. The fourth-order valence-electron chi connectivity index (χ4n) is 4.39. The van der Waals surface area contributed by atoms with Crippen LogP contribution in [0.5, 0.6) is 11.5 Å². The lowest BCUT2D eigenvalue weighted by atomic mass is 9.81. The fraction of sp³-hybridized carbons (Fsp3) is 0.429. The van der Waals surface area contributed by atoms with Crippen molar-refractivity contribution in [3.63, 3.8) is 0 Å². The highest BCUT2D eigenvalue weighted by Crippen LogP contribution is 2.49. The largest absolute Gasteiger partial charge is 0.497 e. The van der Waals surface area contributed by atoms with Crippen LogP contribution < -0.4 is 9.47 Å². The van der Waals surface area contributed by atoms with E-state index in [0.29, 0.717) is 12.0 Å². The molecule has 2 unspecified atom stereocenters. The number of thioether (sulfide) groups is 1. The second-order valence-corrected chi connectivity index (χ2v) is 7.69. The summed E-state index contributed by atoms with van der Waals surface area (Å²) in [5.41, 5.74) is 4.11. The number of ether oxygens (including phenoxy) is 2. The second kappa shape index (κ2) is 6.93. The quantitative estimate of drug-likeness (QED) is 0.741. The molecule has 2 atom stereocenters. The van der Waals surface area contributed by atoms with Crippen LogP contribution in [0.4, 0.5) is 0 Å². The lowest BCUT2D eigenvalue weighted by molar-refractivity contribution is 0.226. The van der Waals surface area contributed by atoms with Crippen LogP contribution in [0.1, 0.15) is 41.5 Å². The molecule has 2 aromatic carbocycles. The molecule has 0 N–H and O–H groups in total. The molecule has 2 heterocycles. The van der Waals surface area contributed by atoms with Crippen molar-refractivity contribution in [3.05, 3.63) is 53.1 Å². The molecule has 0 aromatic heterocycles. The van der Waals surface area contributed by atoms with Crippen molar-refractivity contribution in [3.8, 4) is 11.5 Å². The van der Waals surface area contributed by atoms with Crippen molar-refractivity contribution >= 4 is 11.8 Å². The molecule has 0 spiro atoms. The molecule has 132 valence electrons. The number of rotatable bonds is 4. The third-order valence-electron chi connectivity index (χ3n) is 5.61. The Hall–Kier alpha value is -1.65. The lowest BCUT2D eigenvalue weighted by Gasteiger charge is -2.38. The van der Waals surface area contributed by atoms with Crippen molar-refractivity contribution in [2.45, 2.75) is 29.7 Å². The highest BCUT2D eigenvalue weighted by atomic mass is 32.2. The van der Waals surface area contributed by atoms with E-state index in [2.05, 4.69) is 41.5 Å². The first-order chi connectivity index (χ1) is 12.2. The van der Waals surface area contributed by atoms with E-state index < -0.39 is 0 Å². The zero-order chi connectivity index (χ0) is 17.4. The molecule has 1 fully saturated rings. The molecule has 2 aliphatic rings. The van der Waals surface area contributed by atoms with Gasteiger partial charge in [0.25, 0.3) is 0 Å². The number of nitrogens with zero attached hydrogens (tertiary/aromatic N) is 1. The Kier molecular flexibility index (Phi) is 4.65. The van der Waals surface area contributed by atoms with E-state index in [1.165, 1.54) is 41.0 Å². The minimum absolute atomic E-state index is 0.348. The van der Waals surface area contributed by atoms with Crippen molar-refractivity contribution in [1.82, 2.24) is 4.90 Å². The first-order valence-electron chi connectivity index (χ1n) is 8.89. The van der Waals surface area contributed by atoms with Crippen LogP contribution in [-0.2, 0) is 0 Å². The topological polar surface area (TPSA) is 21.7 Å². The van der Waals surface area contributed by atoms with Gasteiger partial charge in [-0.05, 0) is 55.0 Å². The number of hydrogen-bond donors (Lipinski definition) is 0. The smallest absolute Gasteiger partial charge is 0.126 e. The highest BCUT2D eigenvalue weighted by molar-refractivity contribution is 7.98. The third-order valence-corrected chi connectivity index (χ3v) is 6.35. The minimum atomic E-state index is 0.348. The standard InChI is InChI=1S/C21H25NO2S/c1-23-15-11-17-19-5-4-10-22(19)13-18(21(17)20(12-15)24-2)14-6-8-16(25-3)9-7-14/h6-9,11-12,18-19H,4-5,10,13H2,1-3H3. The SMILES string of the molecule is COc1cc(OC)c2c(c1)C1CCCN1CC2c1ccc(SC)cc1. The van der Waals surface area contributed by atoms with Gasteiger partial charge in [-0.15, -0.1) is 11.8 Å². The predicted molar refractivity (Wildman–Crippen MR) is 103 cm³/mol. The number of hydrogen-bond acceptors (Lipinski definition) is 4. The summed E-state index contributed by atoms with van der Waals surface area (Å²) < 4.78 is 11.3. The van der Waals surface area contributed by atoms with Gasteiger partial charge in [-0.3, -0.25) is 4.90 Å². The van der Waals surface area contributed by atoms with Gasteiger partial charge < -0.3 is 9.47 Å². The molecule has 3 nitrogen and oxygen atoms in total. The van der Waals surface area contributed by atoms with Crippen molar-refractivity contribution in [2.24, 2.45) is 0 Å². The summed E-state index contributed by atoms with van der Waals surface area (Å²) in [6.07, 6.45) is 4.61. The average molecular weight is 356 g/mol. The molecule has 0 saturated carbocycles. The van der Waals surface area contributed by atoms with Crippen LogP contribution >= 0.6 is 11.8 Å². The van der Waals surface area contributed by atoms with Gasteiger partial charge in [0, 0.05) is 35.0 Å². The number of fused-ring (bicyclic) bond motifs is 3. The Morgan fingerprint density at radius 3 is 2.56 bits per heavy atom. The number of benzene rings is 2. The summed E-state index contributed by atoms with van der Waals surface area (Å²) in [6, 6.07) is 13.8. The summed E-state index contributed by atoms with van der Waals surface area (Å²) in [5.74, 6) is 2.20. The van der Waals surface area contributed by atoms with E-state index in [1.807, 2.05) is 6.07 Å². The molecular weight excluding hydrogens is 330 g/mol. The van der Waals surface area contributed by atoms with Gasteiger partial charge in [0.2, 0.25) is 0 Å². The van der Waals surface area contributed by atoms with Crippen molar-refractivity contribution in [1.29, 1.82) is 0 Å². The Balaban J connectivity index is 1.85. The van der Waals surface area contributed by atoms with E-state index in [4.69, 9.17) is 9.47 Å². The van der Waals surface area contributed by atoms with E-state index >= 15 is 0 Å². The van der Waals surface area contributed by atoms with Gasteiger partial charge in [-0.2, -0.15) is 0 Å². The summed E-state index contributed by atoms with van der Waals surface area (Å²) in [6.45, 7) is 2.25. The minimum Gasteiger partial charge on any atom is -0.497 e. The van der Waals surface area contributed by atoms with Crippen LogP contribution in [0.3, 0.4) is 0 Å². The molecular formula is C21H25NO2S. The third kappa shape index (κ3) is 2.91. The van der Waals surface area contributed by atoms with Gasteiger partial charge >= 0.3 is 0 Å². The van der Waals surface area contributed by atoms with Crippen LogP contribution in [0.15, 0.2) is 41.3 Å². The Morgan fingerprint density at radius 2 is 1.88 bits per heavy atom. The van der Waals surface area contributed by atoms with Gasteiger partial charge in [0.15, 0.2) is 0 Å². The van der Waals surface area contributed by atoms with Gasteiger partial charge in [-0.1, -0.05) is 12.1 Å². The molecule has 0 radical (unpaired) electrons. The first-order valence-corrected chi connectivity index (χ1v) is 10.1. The van der Waals surface area contributed by atoms with E-state index in [0.717, 1.165) is 18.0 Å². The number of methoxy groups -OCH3 is 2. The van der Waals surface area contributed by atoms with Crippen molar-refractivity contribution in [2.75, 3.05) is 33.6 Å². The van der Waals surface area contributed by atoms with Crippen LogP contribution in [0.25, 0.3) is 0 Å². The first kappa shape index (κ1) is 16.8. The Labute approximate surface area is 154 Å². The zero-order valence-corrected chi connectivity index (χ0v) is 15.9. The normalized spacial score (nSPS) is 22.4. The molecule has 0 bridgehead atoms. The maximum absolute atomic E-state index is 5.80. The van der Waals surface area contributed by atoms with Crippen molar-refractivity contribution < 1.29 is 9.47 Å². The zero-order valence-electron chi connectivity index (χ0n) is 15.1. The second-order valence-electron chi connectivity index (χ2n) is 6.81. The maximum Gasteiger partial charge on any atom is 0.126 e. The monoisotopic (exact) mass is 355 g/mol. The molecule has 2 aliphatic heterocycles. The highest BCUT2D eigenvalue weighted by Gasteiger charge is 2.38. The van der Waals surface area contributed by atoms with Gasteiger partial charge in [0.1, 0.15) is 11.5 Å². The summed E-state index contributed by atoms with van der Waals surface area (Å²) in [4.78, 5) is 3.94. The van der Waals surface area contributed by atoms with Crippen LogP contribution in [-0.4, -0.2) is 38.5 Å². The van der Waals surface area contributed by atoms with E-state index in [9.17, 15) is 0 Å². The predicted octanol–water partition coefficient (Wildman–Crippen LogP) is 4.71. The molecule has 0 aliphatic carbocycles. The van der Waals surface area contributed by atoms with Gasteiger partial charge in [0.05, 0.1) is 14.2 Å². The molecule has 4 heteroatoms. The van der Waals surface area contributed by atoms with E-state index in [-0.39, 0.29) is 0 Å². The van der Waals surface area contributed by atoms with E-state index in [1.54, 1.807) is 26.0 Å². The van der Waals surface area contributed by atoms with Crippen LogP contribution in [0.2, 0.25) is 0 Å². The van der Waals surface area contributed by atoms with Gasteiger partial charge in [-0.25, -0.2) is 0 Å². The average Bonchev–Trinajstić information content (AvgIpc) is 3.15. The molecule has 0 amide bonds. The maximum atomic E-state index is 5.80. The summed E-state index contributed by atoms with van der Waals surface area (Å²) in [7, 11) is 3.50. The molecule has 25 heavy (non-hydrogen) atoms. The summed E-state index contributed by atoms with van der Waals surface area (Å²) in [5, 5.41) is 0. The summed E-state index contributed by atoms with van der Waals surface area (Å²) >= 11 is 1.79. The Morgan fingerprint density at radius 1 is 1.08 bits per heavy atom. The van der Waals surface area contributed by atoms with Crippen LogP contribution in [0, 0.1) is 0 Å². The lowest BCUT2D eigenvalue weighted by Crippen LogP contribution is -2.34.